The zero-order chi connectivity index (χ0) is 14.3. The highest BCUT2D eigenvalue weighted by Gasteiger charge is 2.15. The number of benzene rings is 1. The Kier molecular flexibility index (Phi) is 3.10. The van der Waals surface area contributed by atoms with Gasteiger partial charge >= 0.3 is 0 Å². The molecule has 4 nitrogen and oxygen atoms in total. The minimum absolute atomic E-state index is 0.349. The van der Waals surface area contributed by atoms with Crippen molar-refractivity contribution in [2.24, 2.45) is 0 Å². The average molecular weight is 336 g/mol. The molecule has 0 spiro atoms. The number of aromatic nitrogens is 2. The molecular weight excluding hydrogens is 325 g/mol. The fraction of sp³-hybridized carbons (Fsp3) is 0.0714. The lowest BCUT2D eigenvalue weighted by Gasteiger charge is -2.08. The Bertz CT molecular complexity index is 800. The SMILES string of the molecule is COc1ccc(F)cc1-c1nc(Br)c2ccc(N)cn12. The molecule has 0 aliphatic carbocycles. The molecule has 2 aromatic heterocycles. The van der Waals surface area contributed by atoms with Crippen molar-refractivity contribution >= 4 is 27.1 Å². The van der Waals surface area contributed by atoms with E-state index < -0.39 is 0 Å². The van der Waals surface area contributed by atoms with E-state index in [-0.39, 0.29) is 5.82 Å². The molecule has 0 amide bonds. The van der Waals surface area contributed by atoms with Crippen molar-refractivity contribution in [3.8, 4) is 17.1 Å². The fourth-order valence-corrected chi connectivity index (χ4v) is 2.60. The van der Waals surface area contributed by atoms with E-state index in [1.165, 1.54) is 19.2 Å². The smallest absolute Gasteiger partial charge is 0.149 e. The predicted octanol–water partition coefficient (Wildman–Crippen LogP) is 3.49. The van der Waals surface area contributed by atoms with E-state index in [2.05, 4.69) is 20.9 Å². The number of rotatable bonds is 2. The van der Waals surface area contributed by atoms with E-state index in [4.69, 9.17) is 10.5 Å². The Labute approximate surface area is 123 Å². The Morgan fingerprint density at radius 3 is 2.85 bits per heavy atom. The van der Waals surface area contributed by atoms with Crippen LogP contribution in [0, 0.1) is 5.82 Å². The van der Waals surface area contributed by atoms with Gasteiger partial charge in [-0.2, -0.15) is 0 Å². The maximum absolute atomic E-state index is 13.5. The van der Waals surface area contributed by atoms with E-state index in [0.29, 0.717) is 27.4 Å². The van der Waals surface area contributed by atoms with Gasteiger partial charge in [0.1, 0.15) is 22.0 Å². The topological polar surface area (TPSA) is 52.5 Å². The highest BCUT2D eigenvalue weighted by molar-refractivity contribution is 9.10. The van der Waals surface area contributed by atoms with E-state index in [1.54, 1.807) is 22.7 Å². The molecule has 0 atom stereocenters. The van der Waals surface area contributed by atoms with Gasteiger partial charge in [-0.15, -0.1) is 0 Å². The molecule has 1 aromatic carbocycles. The van der Waals surface area contributed by atoms with Gasteiger partial charge in [0, 0.05) is 11.9 Å². The first-order valence-corrected chi connectivity index (χ1v) is 6.66. The van der Waals surface area contributed by atoms with E-state index in [0.717, 1.165) is 5.52 Å². The number of hydrogen-bond donors (Lipinski definition) is 1. The highest BCUT2D eigenvalue weighted by Crippen LogP contribution is 2.33. The van der Waals surface area contributed by atoms with Gasteiger partial charge in [0.25, 0.3) is 0 Å². The van der Waals surface area contributed by atoms with Crippen molar-refractivity contribution in [3.05, 3.63) is 46.9 Å². The Hall–Kier alpha value is -2.08. The quantitative estimate of drug-likeness (QED) is 0.779. The van der Waals surface area contributed by atoms with Gasteiger partial charge < -0.3 is 10.5 Å². The van der Waals surface area contributed by atoms with Crippen molar-refractivity contribution in [2.45, 2.75) is 0 Å². The van der Waals surface area contributed by atoms with Gasteiger partial charge in [0.2, 0.25) is 0 Å². The molecule has 0 radical (unpaired) electrons. The van der Waals surface area contributed by atoms with Crippen LogP contribution in [0.2, 0.25) is 0 Å². The Morgan fingerprint density at radius 1 is 1.30 bits per heavy atom. The molecule has 0 saturated heterocycles. The maximum Gasteiger partial charge on any atom is 0.149 e. The summed E-state index contributed by atoms with van der Waals surface area (Å²) in [6.45, 7) is 0. The number of nitrogen functional groups attached to an aromatic ring is 1. The number of hydrogen-bond acceptors (Lipinski definition) is 3. The Morgan fingerprint density at radius 2 is 2.10 bits per heavy atom. The van der Waals surface area contributed by atoms with Crippen LogP contribution in [0.3, 0.4) is 0 Å². The molecule has 0 saturated carbocycles. The van der Waals surface area contributed by atoms with Gasteiger partial charge in [-0.1, -0.05) is 0 Å². The number of pyridine rings is 1. The monoisotopic (exact) mass is 335 g/mol. The van der Waals surface area contributed by atoms with Gasteiger partial charge in [0.15, 0.2) is 0 Å². The number of halogens is 2. The highest BCUT2D eigenvalue weighted by atomic mass is 79.9. The second-order valence-electron chi connectivity index (χ2n) is 4.29. The third kappa shape index (κ3) is 2.02. The minimum atomic E-state index is -0.349. The molecule has 20 heavy (non-hydrogen) atoms. The molecule has 3 rings (SSSR count). The lowest BCUT2D eigenvalue weighted by molar-refractivity contribution is 0.415. The van der Waals surface area contributed by atoms with Crippen LogP contribution in [0.4, 0.5) is 10.1 Å². The summed E-state index contributed by atoms with van der Waals surface area (Å²) in [5.41, 5.74) is 7.82. The summed E-state index contributed by atoms with van der Waals surface area (Å²) in [6.07, 6.45) is 1.74. The first-order valence-electron chi connectivity index (χ1n) is 5.87. The molecule has 0 fully saturated rings. The van der Waals surface area contributed by atoms with Crippen molar-refractivity contribution in [3.63, 3.8) is 0 Å². The molecule has 2 N–H and O–H groups in total. The van der Waals surface area contributed by atoms with Crippen LogP contribution in [-0.2, 0) is 0 Å². The maximum atomic E-state index is 13.5. The molecular formula is C14H11BrFN3O. The number of anilines is 1. The summed E-state index contributed by atoms with van der Waals surface area (Å²) in [6, 6.07) is 7.95. The molecule has 102 valence electrons. The predicted molar refractivity (Wildman–Crippen MR) is 79.3 cm³/mol. The zero-order valence-corrected chi connectivity index (χ0v) is 12.2. The van der Waals surface area contributed by atoms with Crippen molar-refractivity contribution in [1.82, 2.24) is 9.38 Å². The first kappa shape index (κ1) is 12.9. The molecule has 0 bridgehead atoms. The van der Waals surface area contributed by atoms with Crippen LogP contribution in [0.15, 0.2) is 41.1 Å². The summed E-state index contributed by atoms with van der Waals surface area (Å²) in [4.78, 5) is 4.43. The van der Waals surface area contributed by atoms with Gasteiger partial charge in [-0.25, -0.2) is 9.37 Å². The van der Waals surface area contributed by atoms with Crippen molar-refractivity contribution in [2.75, 3.05) is 12.8 Å². The van der Waals surface area contributed by atoms with Crippen LogP contribution in [0.25, 0.3) is 16.9 Å². The number of methoxy groups -OCH3 is 1. The summed E-state index contributed by atoms with van der Waals surface area (Å²) in [7, 11) is 1.54. The van der Waals surface area contributed by atoms with E-state index in [1.807, 2.05) is 6.07 Å². The van der Waals surface area contributed by atoms with Gasteiger partial charge in [-0.3, -0.25) is 4.40 Å². The summed E-state index contributed by atoms with van der Waals surface area (Å²) >= 11 is 3.40. The summed E-state index contributed by atoms with van der Waals surface area (Å²) in [5.74, 6) is 0.765. The van der Waals surface area contributed by atoms with Crippen LogP contribution in [0.5, 0.6) is 5.75 Å². The largest absolute Gasteiger partial charge is 0.496 e. The second-order valence-corrected chi connectivity index (χ2v) is 5.04. The van der Waals surface area contributed by atoms with Gasteiger partial charge in [0.05, 0.1) is 18.2 Å². The third-order valence-corrected chi connectivity index (χ3v) is 3.60. The standard InChI is InChI=1S/C14H11BrFN3O/c1-20-12-5-2-8(16)6-10(12)14-18-13(15)11-4-3-9(17)7-19(11)14/h2-7H,17H2,1H3. The Balaban J connectivity index is 2.35. The second kappa shape index (κ2) is 4.79. The van der Waals surface area contributed by atoms with Crippen molar-refractivity contribution in [1.29, 1.82) is 0 Å². The van der Waals surface area contributed by atoms with Crippen LogP contribution in [-0.4, -0.2) is 16.5 Å². The number of imidazole rings is 1. The normalized spacial score (nSPS) is 10.9. The summed E-state index contributed by atoms with van der Waals surface area (Å²) < 4.78 is 21.3. The molecule has 0 aliphatic heterocycles. The van der Waals surface area contributed by atoms with Crippen LogP contribution in [0.1, 0.15) is 0 Å². The average Bonchev–Trinajstić information content (AvgIpc) is 2.75. The molecule has 2 heterocycles. The fourth-order valence-electron chi connectivity index (χ4n) is 2.11. The number of nitrogens with two attached hydrogens (primary N) is 1. The molecule has 6 heteroatoms. The van der Waals surface area contributed by atoms with Crippen molar-refractivity contribution < 1.29 is 9.13 Å². The van der Waals surface area contributed by atoms with Crippen LogP contribution < -0.4 is 10.5 Å². The first-order chi connectivity index (χ1) is 9.60. The number of fused-ring (bicyclic) bond motifs is 1. The minimum Gasteiger partial charge on any atom is -0.496 e. The van der Waals surface area contributed by atoms with Crippen LogP contribution >= 0.6 is 15.9 Å². The lowest BCUT2D eigenvalue weighted by atomic mass is 10.2. The summed E-state index contributed by atoms with van der Waals surface area (Å²) in [5, 5.41) is 0. The lowest BCUT2D eigenvalue weighted by Crippen LogP contribution is -1.95. The molecule has 3 aromatic rings. The van der Waals surface area contributed by atoms with Gasteiger partial charge in [-0.05, 0) is 46.3 Å². The molecule has 0 aliphatic rings. The van der Waals surface area contributed by atoms with E-state index >= 15 is 0 Å². The molecule has 0 unspecified atom stereocenters. The number of ether oxygens (including phenoxy) is 1. The van der Waals surface area contributed by atoms with E-state index in [9.17, 15) is 4.39 Å². The third-order valence-electron chi connectivity index (χ3n) is 3.02. The zero-order valence-electron chi connectivity index (χ0n) is 10.6. The number of nitrogens with zero attached hydrogens (tertiary/aromatic N) is 2.